The number of halogens is 1. The van der Waals surface area contributed by atoms with E-state index in [0.29, 0.717) is 17.7 Å². The first kappa shape index (κ1) is 12.2. The van der Waals surface area contributed by atoms with Crippen molar-refractivity contribution in [1.29, 1.82) is 0 Å². The van der Waals surface area contributed by atoms with Crippen molar-refractivity contribution < 1.29 is 0 Å². The number of hydrogen-bond donors (Lipinski definition) is 1. The summed E-state index contributed by atoms with van der Waals surface area (Å²) in [6.45, 7) is 0. The molecule has 3 rings (SSSR count). The Morgan fingerprint density at radius 1 is 1.32 bits per heavy atom. The first-order valence-electron chi connectivity index (χ1n) is 5.45. The summed E-state index contributed by atoms with van der Waals surface area (Å²) in [5, 5.41) is 9.05. The smallest absolute Gasteiger partial charge is 0.255 e. The molecular weight excluding hydrogens is 328 g/mol. The van der Waals surface area contributed by atoms with Gasteiger partial charge in [-0.1, -0.05) is 0 Å². The molecule has 0 aliphatic carbocycles. The molecule has 1 N–H and O–H groups in total. The monoisotopic (exact) mass is 336 g/mol. The van der Waals surface area contributed by atoms with Crippen LogP contribution in [0.2, 0.25) is 0 Å². The fraction of sp³-hybridized carbons (Fsp3) is 0.0909. The third kappa shape index (κ3) is 2.36. The molecule has 0 aromatic carbocycles. The minimum atomic E-state index is 0.486. The van der Waals surface area contributed by atoms with Crippen LogP contribution in [0.3, 0.4) is 0 Å². The zero-order valence-corrected chi connectivity index (χ0v) is 12.3. The summed E-state index contributed by atoms with van der Waals surface area (Å²) in [7, 11) is 1.77. The van der Waals surface area contributed by atoms with Crippen LogP contribution in [0, 0.1) is 0 Å². The second-order valence-corrected chi connectivity index (χ2v) is 5.35. The predicted octanol–water partition coefficient (Wildman–Crippen LogP) is 2.59. The zero-order valence-electron chi connectivity index (χ0n) is 9.91. The Bertz CT molecular complexity index is 693. The highest BCUT2D eigenvalue weighted by Crippen LogP contribution is 2.31. The molecule has 0 aliphatic rings. The number of nitrogens with one attached hydrogen (secondary N) is 1. The van der Waals surface area contributed by atoms with Crippen molar-refractivity contribution in [1.82, 2.24) is 24.7 Å². The summed E-state index contributed by atoms with van der Waals surface area (Å²) in [6.07, 6.45) is 3.48. The summed E-state index contributed by atoms with van der Waals surface area (Å²) in [6, 6.07) is 3.79. The van der Waals surface area contributed by atoms with Gasteiger partial charge in [-0.05, 0) is 33.4 Å². The van der Waals surface area contributed by atoms with Gasteiger partial charge in [-0.25, -0.2) is 4.68 Å². The van der Waals surface area contributed by atoms with E-state index in [2.05, 4.69) is 41.3 Å². The zero-order chi connectivity index (χ0) is 13.2. The molecule has 0 radical (unpaired) electrons. The van der Waals surface area contributed by atoms with Crippen LogP contribution < -0.4 is 5.32 Å². The molecular formula is C11H9BrN6S. The summed E-state index contributed by atoms with van der Waals surface area (Å²) in [5.74, 6) is 1.61. The van der Waals surface area contributed by atoms with Crippen LogP contribution in [0.4, 0.5) is 5.95 Å². The highest BCUT2D eigenvalue weighted by atomic mass is 79.9. The van der Waals surface area contributed by atoms with E-state index in [-0.39, 0.29) is 0 Å². The van der Waals surface area contributed by atoms with Crippen molar-refractivity contribution in [3.05, 3.63) is 34.4 Å². The number of anilines is 1. The van der Waals surface area contributed by atoms with E-state index in [1.165, 1.54) is 0 Å². The van der Waals surface area contributed by atoms with E-state index in [9.17, 15) is 0 Å². The summed E-state index contributed by atoms with van der Waals surface area (Å²) in [5.41, 5.74) is 0. The van der Waals surface area contributed by atoms with Crippen LogP contribution in [-0.4, -0.2) is 31.8 Å². The molecule has 96 valence electrons. The van der Waals surface area contributed by atoms with Gasteiger partial charge in [-0.15, -0.1) is 11.3 Å². The van der Waals surface area contributed by atoms with Crippen molar-refractivity contribution in [2.75, 3.05) is 12.4 Å². The molecule has 3 aromatic heterocycles. The van der Waals surface area contributed by atoms with E-state index in [1.807, 2.05) is 17.5 Å². The molecule has 0 unspecified atom stereocenters. The first-order chi connectivity index (χ1) is 9.28. The molecule has 6 nitrogen and oxygen atoms in total. The van der Waals surface area contributed by atoms with Crippen molar-refractivity contribution in [2.45, 2.75) is 0 Å². The molecule has 3 heterocycles. The highest BCUT2D eigenvalue weighted by Gasteiger charge is 2.13. The Morgan fingerprint density at radius 2 is 2.21 bits per heavy atom. The summed E-state index contributed by atoms with van der Waals surface area (Å²) < 4.78 is 2.57. The van der Waals surface area contributed by atoms with Gasteiger partial charge in [0.15, 0.2) is 5.82 Å². The maximum atomic E-state index is 4.45. The van der Waals surface area contributed by atoms with E-state index >= 15 is 0 Å². The number of thiophene rings is 1. The van der Waals surface area contributed by atoms with Crippen LogP contribution in [-0.2, 0) is 0 Å². The van der Waals surface area contributed by atoms with E-state index in [4.69, 9.17) is 0 Å². The average Bonchev–Trinajstić information content (AvgIpc) is 3.09. The molecule has 0 saturated heterocycles. The normalized spacial score (nSPS) is 10.6. The Hall–Kier alpha value is -1.80. The van der Waals surface area contributed by atoms with Crippen molar-refractivity contribution in [3.8, 4) is 16.6 Å². The van der Waals surface area contributed by atoms with Gasteiger partial charge < -0.3 is 5.32 Å². The van der Waals surface area contributed by atoms with Crippen molar-refractivity contribution in [2.24, 2.45) is 0 Å². The average molecular weight is 337 g/mol. The van der Waals surface area contributed by atoms with Crippen LogP contribution in [0.1, 0.15) is 0 Å². The Morgan fingerprint density at radius 3 is 2.84 bits per heavy atom. The molecule has 0 spiro atoms. The molecule has 0 atom stereocenters. The van der Waals surface area contributed by atoms with E-state index < -0.39 is 0 Å². The van der Waals surface area contributed by atoms with E-state index in [1.54, 1.807) is 35.5 Å². The lowest BCUT2D eigenvalue weighted by atomic mass is 10.4. The quantitative estimate of drug-likeness (QED) is 0.796. The summed E-state index contributed by atoms with van der Waals surface area (Å²) in [4.78, 5) is 14.1. The number of rotatable bonds is 3. The number of aromatic nitrogens is 5. The summed E-state index contributed by atoms with van der Waals surface area (Å²) >= 11 is 5.06. The van der Waals surface area contributed by atoms with Gasteiger partial charge >= 0.3 is 0 Å². The molecule has 3 aromatic rings. The van der Waals surface area contributed by atoms with Gasteiger partial charge in [0.1, 0.15) is 0 Å². The van der Waals surface area contributed by atoms with Crippen LogP contribution in [0.15, 0.2) is 34.4 Å². The van der Waals surface area contributed by atoms with Crippen LogP contribution >= 0.6 is 27.3 Å². The maximum absolute atomic E-state index is 4.45. The lowest BCUT2D eigenvalue weighted by Crippen LogP contribution is -2.07. The molecule has 0 aliphatic heterocycles. The fourth-order valence-corrected chi connectivity index (χ4v) is 3.00. The van der Waals surface area contributed by atoms with Gasteiger partial charge in [0, 0.05) is 23.9 Å². The molecule has 0 bridgehead atoms. The number of hydrogen-bond acceptors (Lipinski definition) is 6. The maximum Gasteiger partial charge on any atom is 0.255 e. The second-order valence-electron chi connectivity index (χ2n) is 3.58. The van der Waals surface area contributed by atoms with Gasteiger partial charge in [-0.3, -0.25) is 0 Å². The highest BCUT2D eigenvalue weighted by molar-refractivity contribution is 9.10. The predicted molar refractivity (Wildman–Crippen MR) is 77.5 cm³/mol. The van der Waals surface area contributed by atoms with Gasteiger partial charge in [-0.2, -0.15) is 20.1 Å². The standard InChI is InChI=1S/C11H9BrN6S/c1-13-10-15-9(8-7(12)3-6-19-8)16-11(17-10)18-5-2-4-14-18/h2-6H,1H3,(H,13,15,16,17). The van der Waals surface area contributed by atoms with Crippen molar-refractivity contribution in [3.63, 3.8) is 0 Å². The molecule has 19 heavy (non-hydrogen) atoms. The molecule has 8 heteroatoms. The molecule has 0 amide bonds. The first-order valence-corrected chi connectivity index (χ1v) is 7.12. The SMILES string of the molecule is CNc1nc(-c2sccc2Br)nc(-n2cccn2)n1. The van der Waals surface area contributed by atoms with Crippen LogP contribution in [0.25, 0.3) is 16.6 Å². The van der Waals surface area contributed by atoms with Crippen molar-refractivity contribution >= 4 is 33.2 Å². The second kappa shape index (κ2) is 5.06. The Balaban J connectivity index is 2.16. The Kier molecular flexibility index (Phi) is 3.26. The van der Waals surface area contributed by atoms with Gasteiger partial charge in [0.25, 0.3) is 5.95 Å². The van der Waals surface area contributed by atoms with E-state index in [0.717, 1.165) is 9.35 Å². The fourth-order valence-electron chi connectivity index (χ4n) is 1.52. The molecule has 0 saturated carbocycles. The topological polar surface area (TPSA) is 68.5 Å². The lowest BCUT2D eigenvalue weighted by molar-refractivity contribution is 0.800. The lowest BCUT2D eigenvalue weighted by Gasteiger charge is -2.05. The third-order valence-electron chi connectivity index (χ3n) is 2.38. The van der Waals surface area contributed by atoms with Gasteiger partial charge in [0.05, 0.1) is 4.88 Å². The minimum absolute atomic E-state index is 0.486. The largest absolute Gasteiger partial charge is 0.357 e. The third-order valence-corrected chi connectivity index (χ3v) is 4.21. The minimum Gasteiger partial charge on any atom is -0.357 e. The van der Waals surface area contributed by atoms with Crippen LogP contribution in [0.5, 0.6) is 0 Å². The number of nitrogens with zero attached hydrogens (tertiary/aromatic N) is 5. The Labute approximate surface area is 121 Å². The molecule has 0 fully saturated rings. The van der Waals surface area contributed by atoms with Gasteiger partial charge in [0.2, 0.25) is 5.95 Å².